The van der Waals surface area contributed by atoms with E-state index in [1.807, 2.05) is 18.2 Å². The van der Waals surface area contributed by atoms with Gasteiger partial charge in [-0.25, -0.2) is 9.18 Å². The molecule has 1 aromatic carbocycles. The normalized spacial score (nSPS) is 13.8. The molecule has 21 heavy (non-hydrogen) atoms. The smallest absolute Gasteiger partial charge is 0.316 e. The molecule has 108 valence electrons. The van der Waals surface area contributed by atoms with Crippen molar-refractivity contribution in [1.29, 1.82) is 0 Å². The van der Waals surface area contributed by atoms with Crippen LogP contribution < -0.4 is 5.32 Å². The molecule has 5 heteroatoms. The highest BCUT2D eigenvalue weighted by atomic mass is 19.1. The number of anilines is 1. The number of nitrogens with zero attached hydrogens (tertiary/aromatic N) is 2. The Morgan fingerprint density at radius 3 is 2.62 bits per heavy atom. The summed E-state index contributed by atoms with van der Waals surface area (Å²) in [6.07, 6.45) is 3.76. The number of carbonyl (C=O) groups is 1. The van der Waals surface area contributed by atoms with Gasteiger partial charge in [0, 0.05) is 17.9 Å². The van der Waals surface area contributed by atoms with Crippen LogP contribution in [0.4, 0.5) is 14.9 Å². The van der Waals surface area contributed by atoms with Crippen LogP contribution >= 0.6 is 0 Å². The van der Waals surface area contributed by atoms with Gasteiger partial charge in [0.25, 0.3) is 0 Å². The number of carbonyl (C=O) groups excluding carboxylic acids is 1. The third-order valence-corrected chi connectivity index (χ3v) is 3.40. The second-order valence-corrected chi connectivity index (χ2v) is 5.12. The fourth-order valence-corrected chi connectivity index (χ4v) is 2.15. The molecule has 0 atom stereocenters. The van der Waals surface area contributed by atoms with Crippen LogP contribution in [0.1, 0.15) is 18.5 Å². The Morgan fingerprint density at radius 2 is 2.00 bits per heavy atom. The van der Waals surface area contributed by atoms with Gasteiger partial charge >= 0.3 is 6.03 Å². The van der Waals surface area contributed by atoms with Crippen molar-refractivity contribution in [2.24, 2.45) is 0 Å². The van der Waals surface area contributed by atoms with E-state index >= 15 is 0 Å². The molecule has 1 aliphatic carbocycles. The second kappa shape index (κ2) is 5.91. The van der Waals surface area contributed by atoms with Gasteiger partial charge in [-0.2, -0.15) is 0 Å². The Balaban J connectivity index is 1.69. The molecule has 0 radical (unpaired) electrons. The first-order valence-corrected chi connectivity index (χ1v) is 6.95. The van der Waals surface area contributed by atoms with Crippen molar-refractivity contribution in [1.82, 2.24) is 9.88 Å². The first-order chi connectivity index (χ1) is 10.2. The van der Waals surface area contributed by atoms with Gasteiger partial charge in [-0.05, 0) is 49.2 Å². The average molecular weight is 285 g/mol. The highest BCUT2D eigenvalue weighted by Gasteiger charge is 2.32. The fourth-order valence-electron chi connectivity index (χ4n) is 2.15. The SMILES string of the molecule is O=C(Nc1ccc(F)cc1)N(Cc1ccccn1)C1CC1. The van der Waals surface area contributed by atoms with Gasteiger partial charge in [0.1, 0.15) is 5.82 Å². The number of urea groups is 1. The highest BCUT2D eigenvalue weighted by Crippen LogP contribution is 2.28. The van der Waals surface area contributed by atoms with Crippen LogP contribution in [0.3, 0.4) is 0 Å². The van der Waals surface area contributed by atoms with E-state index in [0.717, 1.165) is 18.5 Å². The average Bonchev–Trinajstić information content (AvgIpc) is 3.33. The lowest BCUT2D eigenvalue weighted by Gasteiger charge is -2.22. The number of hydrogen-bond acceptors (Lipinski definition) is 2. The van der Waals surface area contributed by atoms with Gasteiger partial charge in [-0.15, -0.1) is 0 Å². The van der Waals surface area contributed by atoms with Crippen LogP contribution in [0, 0.1) is 5.82 Å². The van der Waals surface area contributed by atoms with Crippen molar-refractivity contribution in [3.8, 4) is 0 Å². The maximum Gasteiger partial charge on any atom is 0.322 e. The van der Waals surface area contributed by atoms with Crippen LogP contribution in [0.2, 0.25) is 0 Å². The monoisotopic (exact) mass is 285 g/mol. The van der Waals surface area contributed by atoms with E-state index in [0.29, 0.717) is 12.2 Å². The van der Waals surface area contributed by atoms with Crippen molar-refractivity contribution in [2.75, 3.05) is 5.32 Å². The minimum absolute atomic E-state index is 0.172. The van der Waals surface area contributed by atoms with Gasteiger partial charge in [-0.1, -0.05) is 6.07 Å². The number of hydrogen-bond donors (Lipinski definition) is 1. The van der Waals surface area contributed by atoms with E-state index in [2.05, 4.69) is 10.3 Å². The molecule has 0 bridgehead atoms. The summed E-state index contributed by atoms with van der Waals surface area (Å²) >= 11 is 0. The Morgan fingerprint density at radius 1 is 1.24 bits per heavy atom. The number of rotatable bonds is 4. The third-order valence-electron chi connectivity index (χ3n) is 3.40. The van der Waals surface area contributed by atoms with E-state index in [1.54, 1.807) is 23.2 Å². The predicted octanol–water partition coefficient (Wildman–Crippen LogP) is 3.42. The summed E-state index contributed by atoms with van der Waals surface area (Å²) in [4.78, 5) is 18.4. The summed E-state index contributed by atoms with van der Waals surface area (Å²) in [6, 6.07) is 11.5. The summed E-state index contributed by atoms with van der Waals surface area (Å²) in [5.74, 6) is -0.319. The maximum absolute atomic E-state index is 12.9. The minimum Gasteiger partial charge on any atom is -0.316 e. The molecular weight excluding hydrogens is 269 g/mol. The van der Waals surface area contributed by atoms with Crippen molar-refractivity contribution in [3.63, 3.8) is 0 Å². The van der Waals surface area contributed by atoms with E-state index in [1.165, 1.54) is 12.1 Å². The predicted molar refractivity (Wildman–Crippen MR) is 78.2 cm³/mol. The van der Waals surface area contributed by atoms with Crippen LogP contribution in [0.15, 0.2) is 48.7 Å². The largest absolute Gasteiger partial charge is 0.322 e. The molecule has 0 aliphatic heterocycles. The third kappa shape index (κ3) is 3.56. The van der Waals surface area contributed by atoms with Crippen LogP contribution in [0.5, 0.6) is 0 Å². The summed E-state index contributed by atoms with van der Waals surface area (Å²) < 4.78 is 12.9. The van der Waals surface area contributed by atoms with Crippen molar-refractivity contribution in [3.05, 3.63) is 60.2 Å². The number of nitrogens with one attached hydrogen (secondary N) is 1. The van der Waals surface area contributed by atoms with E-state index in [9.17, 15) is 9.18 Å². The molecule has 4 nitrogen and oxygen atoms in total. The van der Waals surface area contributed by atoms with Gasteiger partial charge < -0.3 is 10.2 Å². The van der Waals surface area contributed by atoms with Gasteiger partial charge in [0.05, 0.1) is 12.2 Å². The Bertz CT molecular complexity index is 611. The minimum atomic E-state index is -0.319. The maximum atomic E-state index is 12.9. The number of pyridine rings is 1. The molecule has 2 aromatic rings. The number of aromatic nitrogens is 1. The molecule has 1 fully saturated rings. The highest BCUT2D eigenvalue weighted by molar-refractivity contribution is 5.89. The Labute approximate surface area is 122 Å². The fraction of sp³-hybridized carbons (Fsp3) is 0.250. The summed E-state index contributed by atoms with van der Waals surface area (Å²) in [7, 11) is 0. The molecule has 3 rings (SSSR count). The van der Waals surface area contributed by atoms with E-state index in [-0.39, 0.29) is 17.9 Å². The van der Waals surface area contributed by atoms with Crippen molar-refractivity contribution in [2.45, 2.75) is 25.4 Å². The summed E-state index contributed by atoms with van der Waals surface area (Å²) in [6.45, 7) is 0.485. The molecule has 1 heterocycles. The topological polar surface area (TPSA) is 45.2 Å². The van der Waals surface area contributed by atoms with Crippen LogP contribution in [-0.2, 0) is 6.54 Å². The molecular formula is C16H16FN3O. The molecule has 0 spiro atoms. The molecule has 0 unspecified atom stereocenters. The molecule has 1 aromatic heterocycles. The van der Waals surface area contributed by atoms with Gasteiger partial charge in [0.15, 0.2) is 0 Å². The molecule has 1 saturated carbocycles. The molecule has 0 saturated heterocycles. The standard InChI is InChI=1S/C16H16FN3O/c17-12-4-6-13(7-5-12)19-16(21)20(15-8-9-15)11-14-3-1-2-10-18-14/h1-7,10,15H,8-9,11H2,(H,19,21). The lowest BCUT2D eigenvalue weighted by atomic mass is 10.3. The van der Waals surface area contributed by atoms with Gasteiger partial charge in [-0.3, -0.25) is 4.98 Å². The summed E-state index contributed by atoms with van der Waals surface area (Å²) in [5.41, 5.74) is 1.45. The quantitative estimate of drug-likeness (QED) is 0.935. The van der Waals surface area contributed by atoms with Crippen molar-refractivity contribution >= 4 is 11.7 Å². The van der Waals surface area contributed by atoms with Gasteiger partial charge in [0.2, 0.25) is 0 Å². The molecule has 1 N–H and O–H groups in total. The Hall–Kier alpha value is -2.43. The zero-order valence-corrected chi connectivity index (χ0v) is 11.5. The zero-order valence-electron chi connectivity index (χ0n) is 11.5. The number of benzene rings is 1. The first kappa shape index (κ1) is 13.5. The lowest BCUT2D eigenvalue weighted by Crippen LogP contribution is -2.36. The zero-order chi connectivity index (χ0) is 14.7. The first-order valence-electron chi connectivity index (χ1n) is 6.95. The lowest BCUT2D eigenvalue weighted by molar-refractivity contribution is 0.205. The number of halogens is 1. The summed E-state index contributed by atoms with van der Waals surface area (Å²) in [5, 5.41) is 2.80. The molecule has 1 aliphatic rings. The van der Waals surface area contributed by atoms with Crippen LogP contribution in [0.25, 0.3) is 0 Å². The van der Waals surface area contributed by atoms with E-state index in [4.69, 9.17) is 0 Å². The Kier molecular flexibility index (Phi) is 3.81. The van der Waals surface area contributed by atoms with Crippen LogP contribution in [-0.4, -0.2) is 22.0 Å². The second-order valence-electron chi connectivity index (χ2n) is 5.12. The molecule has 2 amide bonds. The van der Waals surface area contributed by atoms with E-state index < -0.39 is 0 Å². The number of amides is 2. The van der Waals surface area contributed by atoms with Crippen molar-refractivity contribution < 1.29 is 9.18 Å².